The Hall–Kier alpha value is -0.910. The smallest absolute Gasteiger partial charge is 0.228 e. The van der Waals surface area contributed by atoms with E-state index in [4.69, 9.17) is 11.6 Å². The number of nitrogens with one attached hydrogen (secondary N) is 1. The van der Waals surface area contributed by atoms with Crippen LogP contribution in [0.1, 0.15) is 5.56 Å². The number of nitrogens with zero attached hydrogens (tertiary/aromatic N) is 4. The van der Waals surface area contributed by atoms with Gasteiger partial charge < -0.3 is 9.80 Å². The van der Waals surface area contributed by atoms with Crippen molar-refractivity contribution in [3.05, 3.63) is 16.9 Å². The fourth-order valence-electron chi connectivity index (χ4n) is 1.96. The van der Waals surface area contributed by atoms with Crippen molar-refractivity contribution in [3.8, 4) is 0 Å². The fraction of sp³-hybridized carbons (Fsp3) is 0.636. The van der Waals surface area contributed by atoms with E-state index in [1.54, 1.807) is 6.20 Å². The quantitative estimate of drug-likeness (QED) is 0.790. The van der Waals surface area contributed by atoms with Gasteiger partial charge in [0.15, 0.2) is 0 Å². The lowest BCUT2D eigenvalue weighted by atomic mass is 10.3. The lowest BCUT2D eigenvalue weighted by Crippen LogP contribution is -2.58. The summed E-state index contributed by atoms with van der Waals surface area (Å²) in [5, 5.41) is 3.81. The summed E-state index contributed by atoms with van der Waals surface area (Å²) in [6.45, 7) is 4.77. The van der Waals surface area contributed by atoms with Crippen molar-refractivity contribution < 1.29 is 0 Å². The highest BCUT2D eigenvalue weighted by molar-refractivity contribution is 6.30. The van der Waals surface area contributed by atoms with E-state index in [-0.39, 0.29) is 6.17 Å². The predicted octanol–water partition coefficient (Wildman–Crippen LogP) is 0.736. The first-order valence-corrected chi connectivity index (χ1v) is 6.11. The van der Waals surface area contributed by atoms with Gasteiger partial charge in [-0.3, -0.25) is 5.32 Å². The molecule has 2 rings (SSSR count). The van der Waals surface area contributed by atoms with Gasteiger partial charge in [-0.25, -0.2) is 9.97 Å². The minimum atomic E-state index is 0.229. The molecule has 0 aliphatic carbocycles. The molecule has 0 amide bonds. The maximum atomic E-state index is 6.04. The van der Waals surface area contributed by atoms with Gasteiger partial charge in [-0.15, -0.1) is 0 Å². The third kappa shape index (κ3) is 2.68. The summed E-state index contributed by atoms with van der Waals surface area (Å²) >= 11 is 6.04. The molecule has 0 saturated carbocycles. The van der Waals surface area contributed by atoms with Crippen molar-refractivity contribution in [2.75, 3.05) is 38.6 Å². The van der Waals surface area contributed by atoms with E-state index < -0.39 is 0 Å². The topological polar surface area (TPSA) is 44.3 Å². The molecule has 0 spiro atoms. The predicted molar refractivity (Wildman–Crippen MR) is 69.5 cm³/mol. The summed E-state index contributed by atoms with van der Waals surface area (Å²) in [5.41, 5.74) is 0.908. The molecule has 1 unspecified atom stereocenters. The van der Waals surface area contributed by atoms with Gasteiger partial charge in [-0.2, -0.15) is 0 Å². The van der Waals surface area contributed by atoms with Crippen LogP contribution in [0.3, 0.4) is 0 Å². The Morgan fingerprint density at radius 3 is 2.88 bits per heavy atom. The molecular weight excluding hydrogens is 238 g/mol. The van der Waals surface area contributed by atoms with E-state index in [2.05, 4.69) is 32.1 Å². The van der Waals surface area contributed by atoms with E-state index in [1.807, 2.05) is 14.0 Å². The number of rotatable bonds is 2. The first kappa shape index (κ1) is 12.5. The number of aromatic nitrogens is 2. The van der Waals surface area contributed by atoms with Gasteiger partial charge >= 0.3 is 0 Å². The van der Waals surface area contributed by atoms with Crippen molar-refractivity contribution >= 4 is 17.5 Å². The molecule has 5 nitrogen and oxygen atoms in total. The standard InChI is InChI=1S/C11H18ClN5/c1-8-6-14-11(15-10(8)12)17-5-4-16(3)7-9(17)13-2/h6,9,13H,4-5,7H2,1-3H3. The number of hydrogen-bond donors (Lipinski definition) is 1. The molecule has 17 heavy (non-hydrogen) atoms. The summed E-state index contributed by atoms with van der Waals surface area (Å²) in [4.78, 5) is 13.1. The van der Waals surface area contributed by atoms with Gasteiger partial charge in [0.2, 0.25) is 5.95 Å². The number of halogens is 1. The second kappa shape index (κ2) is 5.16. The van der Waals surface area contributed by atoms with E-state index in [9.17, 15) is 0 Å². The molecule has 94 valence electrons. The number of piperazine rings is 1. The molecule has 2 heterocycles. The molecule has 6 heteroatoms. The number of likely N-dealkylation sites (N-methyl/N-ethyl adjacent to an activating group) is 2. The number of anilines is 1. The normalized spacial score (nSPS) is 21.9. The Balaban J connectivity index is 2.22. The van der Waals surface area contributed by atoms with Crippen LogP contribution in [0.25, 0.3) is 0 Å². The van der Waals surface area contributed by atoms with Crippen LogP contribution in [0.2, 0.25) is 5.15 Å². The average Bonchev–Trinajstić information content (AvgIpc) is 2.32. The molecule has 1 aromatic heterocycles. The zero-order chi connectivity index (χ0) is 12.4. The Bertz CT molecular complexity index is 397. The SMILES string of the molecule is CNC1CN(C)CCN1c1ncc(C)c(Cl)n1. The highest BCUT2D eigenvalue weighted by Crippen LogP contribution is 2.18. The van der Waals surface area contributed by atoms with Gasteiger partial charge in [0, 0.05) is 31.4 Å². The van der Waals surface area contributed by atoms with Gasteiger partial charge in [0.1, 0.15) is 5.15 Å². The summed E-state index contributed by atoms with van der Waals surface area (Å²) < 4.78 is 0. The van der Waals surface area contributed by atoms with Crippen LogP contribution in [-0.4, -0.2) is 54.8 Å². The van der Waals surface area contributed by atoms with Gasteiger partial charge in [0.25, 0.3) is 0 Å². The molecule has 1 aromatic rings. The van der Waals surface area contributed by atoms with Crippen LogP contribution in [0.5, 0.6) is 0 Å². The zero-order valence-electron chi connectivity index (χ0n) is 10.4. The Kier molecular flexibility index (Phi) is 3.81. The van der Waals surface area contributed by atoms with Gasteiger partial charge in [0.05, 0.1) is 6.17 Å². The second-order valence-corrected chi connectivity index (χ2v) is 4.76. The van der Waals surface area contributed by atoms with Crippen molar-refractivity contribution in [1.82, 2.24) is 20.2 Å². The lowest BCUT2D eigenvalue weighted by Gasteiger charge is -2.39. The monoisotopic (exact) mass is 255 g/mol. The highest BCUT2D eigenvalue weighted by atomic mass is 35.5. The summed E-state index contributed by atoms with van der Waals surface area (Å²) in [5.74, 6) is 0.702. The fourth-order valence-corrected chi connectivity index (χ4v) is 2.08. The molecule has 1 atom stereocenters. The van der Waals surface area contributed by atoms with Crippen LogP contribution in [0, 0.1) is 6.92 Å². The maximum absolute atomic E-state index is 6.04. The summed E-state index contributed by atoms with van der Waals surface area (Å²) in [7, 11) is 4.07. The van der Waals surface area contributed by atoms with Crippen LogP contribution in [-0.2, 0) is 0 Å². The van der Waals surface area contributed by atoms with Crippen molar-refractivity contribution in [2.45, 2.75) is 13.1 Å². The van der Waals surface area contributed by atoms with Crippen molar-refractivity contribution in [3.63, 3.8) is 0 Å². The van der Waals surface area contributed by atoms with E-state index in [0.29, 0.717) is 11.1 Å². The highest BCUT2D eigenvalue weighted by Gasteiger charge is 2.26. The maximum Gasteiger partial charge on any atom is 0.228 e. The minimum absolute atomic E-state index is 0.229. The largest absolute Gasteiger partial charge is 0.323 e. The molecule has 1 saturated heterocycles. The molecule has 1 aliphatic rings. The van der Waals surface area contributed by atoms with Crippen LogP contribution >= 0.6 is 11.6 Å². The Morgan fingerprint density at radius 2 is 2.24 bits per heavy atom. The zero-order valence-corrected chi connectivity index (χ0v) is 11.2. The third-order valence-corrected chi connectivity index (χ3v) is 3.45. The third-order valence-electron chi connectivity index (χ3n) is 3.07. The van der Waals surface area contributed by atoms with Gasteiger partial charge in [-0.05, 0) is 21.0 Å². The Morgan fingerprint density at radius 1 is 1.47 bits per heavy atom. The second-order valence-electron chi connectivity index (χ2n) is 4.40. The average molecular weight is 256 g/mol. The molecule has 1 fully saturated rings. The summed E-state index contributed by atoms with van der Waals surface area (Å²) in [6, 6.07) is 0. The van der Waals surface area contributed by atoms with Crippen LogP contribution in [0.4, 0.5) is 5.95 Å². The number of hydrogen-bond acceptors (Lipinski definition) is 5. The van der Waals surface area contributed by atoms with E-state index in [0.717, 1.165) is 25.2 Å². The minimum Gasteiger partial charge on any atom is -0.323 e. The van der Waals surface area contributed by atoms with Gasteiger partial charge in [-0.1, -0.05) is 11.6 Å². The van der Waals surface area contributed by atoms with E-state index in [1.165, 1.54) is 0 Å². The summed E-state index contributed by atoms with van der Waals surface area (Å²) in [6.07, 6.45) is 2.00. The molecular formula is C11H18ClN5. The van der Waals surface area contributed by atoms with Crippen LogP contribution in [0.15, 0.2) is 6.20 Å². The Labute approximate surface area is 107 Å². The molecule has 0 aromatic carbocycles. The van der Waals surface area contributed by atoms with Crippen molar-refractivity contribution in [1.29, 1.82) is 0 Å². The first-order chi connectivity index (χ1) is 8.11. The first-order valence-electron chi connectivity index (χ1n) is 5.73. The molecule has 0 bridgehead atoms. The lowest BCUT2D eigenvalue weighted by molar-refractivity contribution is 0.249. The van der Waals surface area contributed by atoms with Crippen LogP contribution < -0.4 is 10.2 Å². The van der Waals surface area contributed by atoms with E-state index >= 15 is 0 Å². The molecule has 1 N–H and O–H groups in total. The molecule has 1 aliphatic heterocycles. The molecule has 0 radical (unpaired) electrons. The van der Waals surface area contributed by atoms with Crippen molar-refractivity contribution in [2.24, 2.45) is 0 Å². The number of aryl methyl sites for hydroxylation is 1.